The van der Waals surface area contributed by atoms with Gasteiger partial charge in [-0.05, 0) is 56.9 Å². The van der Waals surface area contributed by atoms with Crippen LogP contribution in [0.5, 0.6) is 0 Å². The molecule has 0 bridgehead atoms. The molecule has 334 valence electrons. The van der Waals surface area contributed by atoms with Crippen LogP contribution >= 0.6 is 0 Å². The maximum absolute atomic E-state index is 12.3. The van der Waals surface area contributed by atoms with E-state index in [9.17, 15) is 4.79 Å². The molecule has 0 aliphatic carbocycles. The fraction of sp³-hybridized carbons (Fsp3) is 0.980. The monoisotopic (exact) mass is 791 g/mol. The van der Waals surface area contributed by atoms with Crippen LogP contribution in [-0.4, -0.2) is 75.4 Å². The van der Waals surface area contributed by atoms with Gasteiger partial charge in [0.1, 0.15) is 0 Å². The Bertz CT molecular complexity index is 784. The molecule has 1 saturated heterocycles. The predicted octanol–water partition coefficient (Wildman–Crippen LogP) is 15.0. The lowest BCUT2D eigenvalue weighted by Crippen LogP contribution is -2.44. The lowest BCUT2D eigenvalue weighted by atomic mass is 9.90. The van der Waals surface area contributed by atoms with E-state index in [0.29, 0.717) is 13.0 Å². The van der Waals surface area contributed by atoms with Gasteiger partial charge in [-0.1, -0.05) is 207 Å². The van der Waals surface area contributed by atoms with Crippen molar-refractivity contribution < 1.29 is 14.3 Å². The van der Waals surface area contributed by atoms with Crippen LogP contribution in [0, 0.1) is 17.8 Å². The van der Waals surface area contributed by atoms with Crippen LogP contribution in [0.4, 0.5) is 0 Å². The second-order valence-corrected chi connectivity index (χ2v) is 18.5. The highest BCUT2D eigenvalue weighted by atomic mass is 16.5. The summed E-state index contributed by atoms with van der Waals surface area (Å²) in [6, 6.07) is 0. The largest absolute Gasteiger partial charge is 0.466 e. The van der Waals surface area contributed by atoms with Crippen molar-refractivity contribution >= 4 is 5.97 Å². The molecule has 1 aliphatic rings. The standard InChI is InChI=1S/C51H102N2O3/c1-6-10-31-48(32-11-7-2)35-26-22-18-15-14-16-19-23-27-36-50(47-55-45-30-40-53-43-41-52(5)42-44-53)37-28-24-20-17-21-25-29-38-51(54)56-46-39-49(33-12-8-3)34-13-9-4/h48-50H,6-47H2,1-5H3. The first-order chi connectivity index (χ1) is 27.5. The highest BCUT2D eigenvalue weighted by Gasteiger charge is 2.14. The molecule has 0 spiro atoms. The van der Waals surface area contributed by atoms with Gasteiger partial charge in [-0.3, -0.25) is 4.79 Å². The van der Waals surface area contributed by atoms with E-state index in [1.165, 1.54) is 225 Å². The number of rotatable bonds is 43. The fourth-order valence-electron chi connectivity index (χ4n) is 8.96. The van der Waals surface area contributed by atoms with Gasteiger partial charge in [0.2, 0.25) is 0 Å². The molecule has 0 amide bonds. The van der Waals surface area contributed by atoms with Gasteiger partial charge in [-0.2, -0.15) is 0 Å². The smallest absolute Gasteiger partial charge is 0.305 e. The molecule has 1 rings (SSSR count). The average Bonchev–Trinajstić information content (AvgIpc) is 3.20. The van der Waals surface area contributed by atoms with Gasteiger partial charge in [-0.15, -0.1) is 0 Å². The van der Waals surface area contributed by atoms with E-state index in [2.05, 4.69) is 44.5 Å². The van der Waals surface area contributed by atoms with Crippen LogP contribution < -0.4 is 0 Å². The molecule has 0 aromatic rings. The van der Waals surface area contributed by atoms with E-state index in [1.807, 2.05) is 0 Å². The number of piperazine rings is 1. The summed E-state index contributed by atoms with van der Waals surface area (Å²) in [6.45, 7) is 17.8. The summed E-state index contributed by atoms with van der Waals surface area (Å²) in [6.07, 6.45) is 44.9. The lowest BCUT2D eigenvalue weighted by molar-refractivity contribution is -0.144. The number of esters is 1. The van der Waals surface area contributed by atoms with Gasteiger partial charge < -0.3 is 19.3 Å². The predicted molar refractivity (Wildman–Crippen MR) is 246 cm³/mol. The van der Waals surface area contributed by atoms with E-state index in [-0.39, 0.29) is 5.97 Å². The Hall–Kier alpha value is -0.650. The maximum atomic E-state index is 12.3. The molecule has 0 aromatic carbocycles. The second kappa shape index (κ2) is 41.1. The zero-order valence-electron chi connectivity index (χ0n) is 39.0. The Morgan fingerprint density at radius 3 is 1.30 bits per heavy atom. The third kappa shape index (κ3) is 34.2. The molecule has 0 N–H and O–H groups in total. The van der Waals surface area contributed by atoms with Crippen molar-refractivity contribution in [2.24, 2.45) is 17.8 Å². The summed E-state index contributed by atoms with van der Waals surface area (Å²) in [5, 5.41) is 0. The average molecular weight is 791 g/mol. The van der Waals surface area contributed by atoms with Gasteiger partial charge in [0.05, 0.1) is 6.61 Å². The van der Waals surface area contributed by atoms with Crippen LogP contribution in [0.1, 0.15) is 246 Å². The summed E-state index contributed by atoms with van der Waals surface area (Å²) in [4.78, 5) is 17.4. The Morgan fingerprint density at radius 1 is 0.446 bits per heavy atom. The Labute approximate surface area is 352 Å². The lowest BCUT2D eigenvalue weighted by Gasteiger charge is -2.32. The zero-order chi connectivity index (χ0) is 40.6. The molecule has 1 fully saturated rings. The quantitative estimate of drug-likeness (QED) is 0.0454. The molecule has 1 aliphatic heterocycles. The summed E-state index contributed by atoms with van der Waals surface area (Å²) in [5.74, 6) is 2.49. The Kier molecular flexibility index (Phi) is 39.2. The van der Waals surface area contributed by atoms with Crippen molar-refractivity contribution in [1.29, 1.82) is 0 Å². The first-order valence-corrected chi connectivity index (χ1v) is 25.7. The Balaban J connectivity index is 2.19. The first kappa shape index (κ1) is 53.4. The van der Waals surface area contributed by atoms with Crippen molar-refractivity contribution in [2.75, 3.05) is 59.6 Å². The highest BCUT2D eigenvalue weighted by Crippen LogP contribution is 2.24. The van der Waals surface area contributed by atoms with Gasteiger partial charge in [0.15, 0.2) is 0 Å². The molecule has 5 heteroatoms. The molecule has 1 heterocycles. The number of likely N-dealkylation sites (N-methyl/N-ethyl adjacent to an activating group) is 1. The van der Waals surface area contributed by atoms with E-state index in [0.717, 1.165) is 50.2 Å². The molecule has 0 aromatic heterocycles. The van der Waals surface area contributed by atoms with Gasteiger partial charge in [0, 0.05) is 52.4 Å². The Morgan fingerprint density at radius 2 is 0.839 bits per heavy atom. The van der Waals surface area contributed by atoms with Gasteiger partial charge >= 0.3 is 5.97 Å². The number of unbranched alkanes of at least 4 members (excludes halogenated alkanes) is 18. The summed E-state index contributed by atoms with van der Waals surface area (Å²) < 4.78 is 12.0. The van der Waals surface area contributed by atoms with Crippen molar-refractivity contribution in [2.45, 2.75) is 246 Å². The molecule has 0 radical (unpaired) electrons. The molecule has 1 atom stereocenters. The van der Waals surface area contributed by atoms with E-state index in [1.54, 1.807) is 0 Å². The maximum Gasteiger partial charge on any atom is 0.305 e. The molecule has 1 unspecified atom stereocenters. The van der Waals surface area contributed by atoms with Gasteiger partial charge in [0.25, 0.3) is 0 Å². The van der Waals surface area contributed by atoms with E-state index >= 15 is 0 Å². The summed E-state index contributed by atoms with van der Waals surface area (Å²) >= 11 is 0. The summed E-state index contributed by atoms with van der Waals surface area (Å²) in [5.41, 5.74) is 0. The molecule has 5 nitrogen and oxygen atoms in total. The van der Waals surface area contributed by atoms with Gasteiger partial charge in [-0.25, -0.2) is 0 Å². The minimum atomic E-state index is 0.0249. The first-order valence-electron chi connectivity index (χ1n) is 25.7. The van der Waals surface area contributed by atoms with Crippen LogP contribution in [0.3, 0.4) is 0 Å². The van der Waals surface area contributed by atoms with E-state index < -0.39 is 0 Å². The third-order valence-corrected chi connectivity index (χ3v) is 13.1. The molecular formula is C51H102N2O3. The molecule has 56 heavy (non-hydrogen) atoms. The molecule has 0 saturated carbocycles. The third-order valence-electron chi connectivity index (χ3n) is 13.1. The summed E-state index contributed by atoms with van der Waals surface area (Å²) in [7, 11) is 2.24. The number of hydrogen-bond donors (Lipinski definition) is 0. The van der Waals surface area contributed by atoms with E-state index in [4.69, 9.17) is 9.47 Å². The normalized spacial score (nSPS) is 14.7. The minimum Gasteiger partial charge on any atom is -0.466 e. The number of nitrogens with zero attached hydrogens (tertiary/aromatic N) is 2. The van der Waals surface area contributed by atoms with Crippen LogP contribution in [-0.2, 0) is 14.3 Å². The number of ether oxygens (including phenoxy) is 2. The number of hydrogen-bond acceptors (Lipinski definition) is 5. The SMILES string of the molecule is CCCCC(CCCC)CCCCCCCCCCCC(CCCCCCCCCC(=O)OCCC(CCCC)CCCC)COCCCN1CCN(C)CC1. The topological polar surface area (TPSA) is 42.0 Å². The van der Waals surface area contributed by atoms with Crippen molar-refractivity contribution in [3.05, 3.63) is 0 Å². The van der Waals surface area contributed by atoms with Crippen LogP contribution in [0.2, 0.25) is 0 Å². The minimum absolute atomic E-state index is 0.0249. The highest BCUT2D eigenvalue weighted by molar-refractivity contribution is 5.69. The van der Waals surface area contributed by atoms with Crippen LogP contribution in [0.15, 0.2) is 0 Å². The van der Waals surface area contributed by atoms with Crippen molar-refractivity contribution in [3.63, 3.8) is 0 Å². The van der Waals surface area contributed by atoms with Crippen molar-refractivity contribution in [1.82, 2.24) is 9.80 Å². The zero-order valence-corrected chi connectivity index (χ0v) is 39.0. The fourth-order valence-corrected chi connectivity index (χ4v) is 8.96. The molecular weight excluding hydrogens is 689 g/mol. The number of carbonyl (C=O) groups is 1. The number of carbonyl (C=O) groups excluding carboxylic acids is 1. The van der Waals surface area contributed by atoms with Crippen molar-refractivity contribution in [3.8, 4) is 0 Å². The second-order valence-electron chi connectivity index (χ2n) is 18.5. The van der Waals surface area contributed by atoms with Crippen LogP contribution in [0.25, 0.3) is 0 Å².